The van der Waals surface area contributed by atoms with Gasteiger partial charge in [-0.05, 0) is 42.6 Å². The molecular formula is C18H21F2N. The molecule has 0 heterocycles. The van der Waals surface area contributed by atoms with Gasteiger partial charge in [0.05, 0.1) is 0 Å². The van der Waals surface area contributed by atoms with E-state index in [1.807, 2.05) is 19.1 Å². The molecule has 0 aromatic heterocycles. The van der Waals surface area contributed by atoms with Crippen molar-refractivity contribution in [3.05, 3.63) is 70.8 Å². The van der Waals surface area contributed by atoms with Gasteiger partial charge in [0.15, 0.2) is 11.6 Å². The van der Waals surface area contributed by atoms with Gasteiger partial charge in [0.1, 0.15) is 0 Å². The van der Waals surface area contributed by atoms with Gasteiger partial charge in [-0.3, -0.25) is 0 Å². The van der Waals surface area contributed by atoms with E-state index in [0.717, 1.165) is 19.2 Å². The van der Waals surface area contributed by atoms with Gasteiger partial charge in [-0.15, -0.1) is 0 Å². The van der Waals surface area contributed by atoms with Crippen LogP contribution in [-0.4, -0.2) is 13.1 Å². The van der Waals surface area contributed by atoms with Crippen LogP contribution in [0.2, 0.25) is 0 Å². The predicted octanol–water partition coefficient (Wildman–Crippen LogP) is 4.21. The highest BCUT2D eigenvalue weighted by Crippen LogP contribution is 2.25. The fourth-order valence-electron chi connectivity index (χ4n) is 2.63. The topological polar surface area (TPSA) is 12.0 Å². The standard InChI is InChI=1S/C18H21F2N/c1-3-21-12-15(16-9-5-4-7-13(16)2)11-14-8-6-10-17(19)18(14)20/h4-10,15,21H,3,11-12H2,1-2H3. The van der Waals surface area contributed by atoms with E-state index < -0.39 is 11.6 Å². The van der Waals surface area contributed by atoms with Crippen molar-refractivity contribution >= 4 is 0 Å². The van der Waals surface area contributed by atoms with Crippen molar-refractivity contribution < 1.29 is 8.78 Å². The zero-order chi connectivity index (χ0) is 15.2. The van der Waals surface area contributed by atoms with Gasteiger partial charge in [0, 0.05) is 12.5 Å². The summed E-state index contributed by atoms with van der Waals surface area (Å²) in [6, 6.07) is 12.5. The molecule has 3 heteroatoms. The van der Waals surface area contributed by atoms with E-state index in [2.05, 4.69) is 24.4 Å². The minimum Gasteiger partial charge on any atom is -0.316 e. The molecule has 0 spiro atoms. The Morgan fingerprint density at radius 2 is 1.81 bits per heavy atom. The number of hydrogen-bond donors (Lipinski definition) is 1. The summed E-state index contributed by atoms with van der Waals surface area (Å²) in [5, 5.41) is 3.31. The maximum Gasteiger partial charge on any atom is 0.162 e. The lowest BCUT2D eigenvalue weighted by molar-refractivity contribution is 0.490. The van der Waals surface area contributed by atoms with E-state index in [9.17, 15) is 8.78 Å². The summed E-state index contributed by atoms with van der Waals surface area (Å²) in [6.07, 6.45) is 0.488. The molecule has 2 rings (SSSR count). The highest BCUT2D eigenvalue weighted by Gasteiger charge is 2.17. The Hall–Kier alpha value is -1.74. The first kappa shape index (κ1) is 15.6. The Morgan fingerprint density at radius 1 is 1.05 bits per heavy atom. The second-order valence-electron chi connectivity index (χ2n) is 5.28. The molecule has 0 fully saturated rings. The lowest BCUT2D eigenvalue weighted by Gasteiger charge is -2.20. The number of benzene rings is 2. The molecule has 1 N–H and O–H groups in total. The van der Waals surface area contributed by atoms with E-state index in [1.165, 1.54) is 11.1 Å². The number of halogens is 2. The number of aryl methyl sites for hydroxylation is 1. The first-order chi connectivity index (χ1) is 10.1. The Morgan fingerprint density at radius 3 is 2.52 bits per heavy atom. The average molecular weight is 289 g/mol. The molecule has 0 aliphatic carbocycles. The molecule has 112 valence electrons. The molecule has 0 bridgehead atoms. The van der Waals surface area contributed by atoms with Gasteiger partial charge in [-0.2, -0.15) is 0 Å². The van der Waals surface area contributed by atoms with Crippen LogP contribution in [0.4, 0.5) is 8.78 Å². The SMILES string of the molecule is CCNCC(Cc1cccc(F)c1F)c1ccccc1C. The van der Waals surface area contributed by atoms with Crippen molar-refractivity contribution in [2.24, 2.45) is 0 Å². The van der Waals surface area contributed by atoms with Crippen LogP contribution in [-0.2, 0) is 6.42 Å². The zero-order valence-corrected chi connectivity index (χ0v) is 12.5. The van der Waals surface area contributed by atoms with Gasteiger partial charge >= 0.3 is 0 Å². The average Bonchev–Trinajstić information content (AvgIpc) is 2.48. The van der Waals surface area contributed by atoms with Crippen molar-refractivity contribution in [1.82, 2.24) is 5.32 Å². The van der Waals surface area contributed by atoms with Crippen LogP contribution in [0.1, 0.15) is 29.5 Å². The molecule has 1 atom stereocenters. The van der Waals surface area contributed by atoms with Gasteiger partial charge in [-0.1, -0.05) is 43.3 Å². The molecule has 0 aliphatic rings. The fraction of sp³-hybridized carbons (Fsp3) is 0.333. The Kier molecular flexibility index (Phi) is 5.45. The third kappa shape index (κ3) is 3.88. The first-order valence-electron chi connectivity index (χ1n) is 7.32. The normalized spacial score (nSPS) is 12.4. The summed E-state index contributed by atoms with van der Waals surface area (Å²) in [4.78, 5) is 0. The molecule has 21 heavy (non-hydrogen) atoms. The van der Waals surface area contributed by atoms with Crippen molar-refractivity contribution in [3.63, 3.8) is 0 Å². The van der Waals surface area contributed by atoms with Gasteiger partial charge < -0.3 is 5.32 Å². The van der Waals surface area contributed by atoms with Crippen LogP contribution in [0, 0.1) is 18.6 Å². The first-order valence-corrected chi connectivity index (χ1v) is 7.32. The molecule has 0 amide bonds. The Labute approximate surface area is 125 Å². The molecule has 1 unspecified atom stereocenters. The predicted molar refractivity (Wildman–Crippen MR) is 82.5 cm³/mol. The lowest BCUT2D eigenvalue weighted by atomic mass is 9.89. The maximum absolute atomic E-state index is 13.9. The summed E-state index contributed by atoms with van der Waals surface area (Å²) in [5.41, 5.74) is 2.79. The molecule has 0 saturated carbocycles. The van der Waals surface area contributed by atoms with E-state index in [-0.39, 0.29) is 5.92 Å². The highest BCUT2D eigenvalue weighted by molar-refractivity contribution is 5.32. The summed E-state index contributed by atoms with van der Waals surface area (Å²) in [5.74, 6) is -1.38. The summed E-state index contributed by atoms with van der Waals surface area (Å²) >= 11 is 0. The van der Waals surface area contributed by atoms with Crippen LogP contribution in [0.15, 0.2) is 42.5 Å². The van der Waals surface area contributed by atoms with Gasteiger partial charge in [-0.25, -0.2) is 8.78 Å². The van der Waals surface area contributed by atoms with E-state index in [0.29, 0.717) is 12.0 Å². The second-order valence-corrected chi connectivity index (χ2v) is 5.28. The summed E-state index contributed by atoms with van der Waals surface area (Å²) < 4.78 is 27.3. The van der Waals surface area contributed by atoms with Gasteiger partial charge in [0.2, 0.25) is 0 Å². The number of rotatable bonds is 6. The van der Waals surface area contributed by atoms with Crippen LogP contribution in [0.25, 0.3) is 0 Å². The van der Waals surface area contributed by atoms with E-state index in [1.54, 1.807) is 12.1 Å². The minimum atomic E-state index is -0.778. The Balaban J connectivity index is 2.28. The fourth-order valence-corrected chi connectivity index (χ4v) is 2.63. The van der Waals surface area contributed by atoms with Crippen LogP contribution in [0.5, 0.6) is 0 Å². The minimum absolute atomic E-state index is 0.127. The van der Waals surface area contributed by atoms with Gasteiger partial charge in [0.25, 0.3) is 0 Å². The largest absolute Gasteiger partial charge is 0.316 e. The third-order valence-electron chi connectivity index (χ3n) is 3.77. The number of likely N-dealkylation sites (N-methyl/N-ethyl adjacent to an activating group) is 1. The number of hydrogen-bond acceptors (Lipinski definition) is 1. The molecule has 2 aromatic carbocycles. The van der Waals surface area contributed by atoms with E-state index >= 15 is 0 Å². The Bertz CT molecular complexity index is 596. The maximum atomic E-state index is 13.9. The van der Waals surface area contributed by atoms with Crippen molar-refractivity contribution in [2.45, 2.75) is 26.2 Å². The molecule has 0 radical (unpaired) electrons. The van der Waals surface area contributed by atoms with Crippen LogP contribution in [0.3, 0.4) is 0 Å². The second kappa shape index (κ2) is 7.32. The monoisotopic (exact) mass is 289 g/mol. The van der Waals surface area contributed by atoms with Crippen molar-refractivity contribution in [3.8, 4) is 0 Å². The molecule has 1 nitrogen and oxygen atoms in total. The molecule has 2 aromatic rings. The highest BCUT2D eigenvalue weighted by atomic mass is 19.2. The zero-order valence-electron chi connectivity index (χ0n) is 12.5. The third-order valence-corrected chi connectivity index (χ3v) is 3.77. The van der Waals surface area contributed by atoms with E-state index in [4.69, 9.17) is 0 Å². The van der Waals surface area contributed by atoms with Crippen molar-refractivity contribution in [2.75, 3.05) is 13.1 Å². The van der Waals surface area contributed by atoms with Crippen LogP contribution >= 0.6 is 0 Å². The lowest BCUT2D eigenvalue weighted by Crippen LogP contribution is -2.23. The van der Waals surface area contributed by atoms with Crippen molar-refractivity contribution in [1.29, 1.82) is 0 Å². The quantitative estimate of drug-likeness (QED) is 0.840. The molecule has 0 aliphatic heterocycles. The molecule has 0 saturated heterocycles. The van der Waals surface area contributed by atoms with Crippen LogP contribution < -0.4 is 5.32 Å². The smallest absolute Gasteiger partial charge is 0.162 e. The summed E-state index contributed by atoms with van der Waals surface area (Å²) in [7, 11) is 0. The summed E-state index contributed by atoms with van der Waals surface area (Å²) in [6.45, 7) is 5.69. The molecular weight excluding hydrogens is 268 g/mol. The number of nitrogens with one attached hydrogen (secondary N) is 1.